The summed E-state index contributed by atoms with van der Waals surface area (Å²) >= 11 is 3.78. The molecule has 0 nitrogen and oxygen atoms in total. The van der Waals surface area contributed by atoms with Gasteiger partial charge >= 0.3 is 0 Å². The molecule has 0 aliphatic heterocycles. The zero-order chi connectivity index (χ0) is 49.3. The van der Waals surface area contributed by atoms with Gasteiger partial charge in [0.1, 0.15) is 0 Å². The van der Waals surface area contributed by atoms with Gasteiger partial charge in [0.05, 0.1) is 0 Å². The van der Waals surface area contributed by atoms with Gasteiger partial charge in [-0.2, -0.15) is 0 Å². The molecule has 0 saturated heterocycles. The first-order chi connectivity index (χ1) is 37.7. The summed E-state index contributed by atoms with van der Waals surface area (Å²) in [7, 11) is 0. The predicted molar refractivity (Wildman–Crippen MR) is 330 cm³/mol. The van der Waals surface area contributed by atoms with E-state index in [1.807, 2.05) is 22.7 Å². The number of hydrogen-bond acceptors (Lipinski definition) is 2. The fraction of sp³-hybridized carbons (Fsp3) is 0. The fourth-order valence-electron chi connectivity index (χ4n) is 13.9. The zero-order valence-electron chi connectivity index (χ0n) is 40.9. The van der Waals surface area contributed by atoms with Gasteiger partial charge in [-0.15, -0.1) is 22.7 Å². The maximum Gasteiger partial charge on any atom is 0.0355 e. The third kappa shape index (κ3) is 5.51. The van der Waals surface area contributed by atoms with Gasteiger partial charge in [0, 0.05) is 29.9 Å². The predicted octanol–water partition coefficient (Wildman–Crippen LogP) is 22.2. The summed E-state index contributed by atoms with van der Waals surface area (Å²) in [6, 6.07) is 92.4. The first-order valence-corrected chi connectivity index (χ1v) is 27.9. The highest BCUT2D eigenvalue weighted by atomic mass is 32.1. The molecule has 0 amide bonds. The smallest absolute Gasteiger partial charge is 0.0355 e. The van der Waals surface area contributed by atoms with Crippen molar-refractivity contribution < 1.29 is 0 Å². The van der Waals surface area contributed by atoms with Crippen molar-refractivity contribution in [1.29, 1.82) is 0 Å². The SMILES string of the molecule is c1ccc(-c2cc3c(-c4c5c(cc6c4ccc4c7cc8c(c(-c9cccc%10sc(-c%11ccccc%11)cc9%10)c7ccc64)-c4cc6ccccc6c6cccc-8c46)-c4cc6ccccc6c6cccc-5c46)cccc3s2)cc1. The van der Waals surface area contributed by atoms with Crippen molar-refractivity contribution in [3.05, 3.63) is 243 Å². The van der Waals surface area contributed by atoms with E-state index in [1.54, 1.807) is 0 Å². The molecule has 0 radical (unpaired) electrons. The Hall–Kier alpha value is -9.18. The number of fused-ring (bicyclic) bond motifs is 17. The van der Waals surface area contributed by atoms with E-state index in [0.717, 1.165) is 0 Å². The second-order valence-electron chi connectivity index (χ2n) is 20.9. The first kappa shape index (κ1) is 41.2. The van der Waals surface area contributed by atoms with Gasteiger partial charge in [-0.3, -0.25) is 0 Å². The average Bonchev–Trinajstić information content (AvgIpc) is 4.43. The van der Waals surface area contributed by atoms with E-state index in [-0.39, 0.29) is 0 Å². The average molecular weight is 993 g/mol. The molecule has 0 bridgehead atoms. The van der Waals surface area contributed by atoms with Crippen LogP contribution in [0.2, 0.25) is 0 Å². The van der Waals surface area contributed by atoms with Gasteiger partial charge < -0.3 is 0 Å². The van der Waals surface area contributed by atoms with E-state index >= 15 is 0 Å². The third-order valence-corrected chi connectivity index (χ3v) is 19.4. The van der Waals surface area contributed by atoms with Crippen LogP contribution in [0.25, 0.3) is 183 Å². The van der Waals surface area contributed by atoms with Crippen LogP contribution in [0.1, 0.15) is 0 Å². The van der Waals surface area contributed by atoms with Gasteiger partial charge in [0.25, 0.3) is 0 Å². The molecule has 2 heterocycles. The summed E-state index contributed by atoms with van der Waals surface area (Å²) in [4.78, 5) is 2.58. The summed E-state index contributed by atoms with van der Waals surface area (Å²) in [6.45, 7) is 0. The number of benzene rings is 14. The Morgan fingerprint density at radius 2 is 0.618 bits per heavy atom. The molecule has 76 heavy (non-hydrogen) atoms. The molecule has 0 atom stereocenters. The summed E-state index contributed by atoms with van der Waals surface area (Å²) in [5, 5.41) is 20.7. The second kappa shape index (κ2) is 15.2. The standard InChI is InChI=1S/C74H40S2/c1-3-15-41(16-4-1)67-39-59-51(26-13-29-65(59)75-67)71-54-33-31-47-48(58(54)38-63-61-35-43-19-7-9-21-45(43)50-24-12-28-56(70(50)61)73(63)71)32-34-55-57(47)37-62-53-25-11-23-49-46-22-10-8-20-44(46)36-64(69(49)53)74(62)72(55)52-27-14-30-66-60(52)40-68(76-66)42-17-5-2-6-18-42/h1-40H. The maximum atomic E-state index is 2.56. The molecular weight excluding hydrogens is 953 g/mol. The summed E-state index contributed by atoms with van der Waals surface area (Å²) in [6.07, 6.45) is 0. The fourth-order valence-corrected chi connectivity index (χ4v) is 16.1. The van der Waals surface area contributed by atoms with Crippen LogP contribution in [-0.4, -0.2) is 0 Å². The Labute approximate surface area is 445 Å². The van der Waals surface area contributed by atoms with E-state index in [2.05, 4.69) is 243 Å². The normalized spacial score (nSPS) is 12.5. The van der Waals surface area contributed by atoms with E-state index in [4.69, 9.17) is 0 Å². The van der Waals surface area contributed by atoms with Crippen LogP contribution in [0.3, 0.4) is 0 Å². The topological polar surface area (TPSA) is 0 Å². The van der Waals surface area contributed by atoms with Crippen molar-refractivity contribution in [2.75, 3.05) is 0 Å². The van der Waals surface area contributed by atoms with Crippen molar-refractivity contribution in [2.24, 2.45) is 0 Å². The summed E-state index contributed by atoms with van der Waals surface area (Å²) in [5.41, 5.74) is 18.3. The number of hydrogen-bond donors (Lipinski definition) is 0. The second-order valence-corrected chi connectivity index (χ2v) is 23.1. The minimum Gasteiger partial charge on any atom is -0.135 e. The van der Waals surface area contributed by atoms with E-state index < -0.39 is 0 Å². The van der Waals surface area contributed by atoms with Gasteiger partial charge in [0.2, 0.25) is 0 Å². The molecule has 14 aromatic carbocycles. The first-order valence-electron chi connectivity index (χ1n) is 26.3. The Morgan fingerprint density at radius 3 is 1.18 bits per heavy atom. The van der Waals surface area contributed by atoms with Crippen molar-refractivity contribution in [3.8, 4) is 87.6 Å². The Bertz CT molecular complexity index is 5270. The Morgan fingerprint density at radius 1 is 0.197 bits per heavy atom. The number of thiophene rings is 2. The van der Waals surface area contributed by atoms with Crippen LogP contribution in [-0.2, 0) is 0 Å². The molecule has 0 fully saturated rings. The number of rotatable bonds is 4. The largest absolute Gasteiger partial charge is 0.135 e. The minimum atomic E-state index is 1.25. The van der Waals surface area contributed by atoms with Crippen LogP contribution < -0.4 is 0 Å². The summed E-state index contributed by atoms with van der Waals surface area (Å²) in [5.74, 6) is 0. The molecule has 348 valence electrons. The van der Waals surface area contributed by atoms with Crippen molar-refractivity contribution >= 4 is 118 Å². The Kier molecular flexibility index (Phi) is 8.25. The quantitative estimate of drug-likeness (QED) is 0.154. The third-order valence-electron chi connectivity index (χ3n) is 17.1. The lowest BCUT2D eigenvalue weighted by Gasteiger charge is -2.20. The van der Waals surface area contributed by atoms with Crippen LogP contribution >= 0.6 is 22.7 Å². The van der Waals surface area contributed by atoms with Crippen molar-refractivity contribution in [2.45, 2.75) is 0 Å². The molecule has 0 spiro atoms. The molecule has 0 unspecified atom stereocenters. The highest BCUT2D eigenvalue weighted by Gasteiger charge is 2.32. The lowest BCUT2D eigenvalue weighted by Crippen LogP contribution is -1.93. The van der Waals surface area contributed by atoms with Crippen LogP contribution in [0.5, 0.6) is 0 Å². The van der Waals surface area contributed by atoms with Gasteiger partial charge in [0.15, 0.2) is 0 Å². The summed E-state index contributed by atoms with van der Waals surface area (Å²) < 4.78 is 2.60. The molecule has 0 saturated carbocycles. The molecule has 18 rings (SSSR count). The molecule has 2 aliphatic rings. The van der Waals surface area contributed by atoms with Crippen molar-refractivity contribution in [1.82, 2.24) is 0 Å². The lowest BCUT2D eigenvalue weighted by molar-refractivity contribution is 1.69. The molecule has 0 N–H and O–H groups in total. The van der Waals surface area contributed by atoms with Gasteiger partial charge in [-0.1, -0.05) is 194 Å². The molecule has 2 heteroatoms. The molecule has 16 aromatic rings. The lowest BCUT2D eigenvalue weighted by atomic mass is 9.83. The zero-order valence-corrected chi connectivity index (χ0v) is 42.5. The molecular formula is C74H40S2. The highest BCUT2D eigenvalue weighted by molar-refractivity contribution is 7.22. The van der Waals surface area contributed by atoms with Gasteiger partial charge in [-0.05, 0) is 202 Å². The van der Waals surface area contributed by atoms with E-state index in [0.29, 0.717) is 0 Å². The Balaban J connectivity index is 0.975. The van der Waals surface area contributed by atoms with E-state index in [9.17, 15) is 0 Å². The van der Waals surface area contributed by atoms with E-state index in [1.165, 1.54) is 183 Å². The maximum absolute atomic E-state index is 2.56. The minimum absolute atomic E-state index is 1.25. The highest BCUT2D eigenvalue weighted by Crippen LogP contribution is 2.59. The van der Waals surface area contributed by atoms with Crippen LogP contribution in [0.4, 0.5) is 0 Å². The van der Waals surface area contributed by atoms with Gasteiger partial charge in [-0.25, -0.2) is 0 Å². The van der Waals surface area contributed by atoms with Crippen LogP contribution in [0.15, 0.2) is 243 Å². The molecule has 2 aliphatic carbocycles. The van der Waals surface area contributed by atoms with Crippen LogP contribution in [0, 0.1) is 0 Å². The monoisotopic (exact) mass is 992 g/mol. The van der Waals surface area contributed by atoms with Crippen molar-refractivity contribution in [3.63, 3.8) is 0 Å². The molecule has 2 aromatic heterocycles.